The highest BCUT2D eigenvalue weighted by Crippen LogP contribution is 2.41. The summed E-state index contributed by atoms with van der Waals surface area (Å²) in [7, 11) is 0. The van der Waals surface area contributed by atoms with Crippen LogP contribution in [0.25, 0.3) is 11.0 Å². The molecule has 1 unspecified atom stereocenters. The SMILES string of the molecule is O=C1c2oc3ccc(Cl)cc3c(=O)c2C(c2ccccc2)N1c1ccc(F)cc1. The summed E-state index contributed by atoms with van der Waals surface area (Å²) in [5, 5.41) is 0.715. The van der Waals surface area contributed by atoms with Gasteiger partial charge in [0.15, 0.2) is 5.43 Å². The molecular formula is C23H13ClFNO3. The molecular weight excluding hydrogens is 393 g/mol. The van der Waals surface area contributed by atoms with Gasteiger partial charge in [-0.05, 0) is 48.0 Å². The second-order valence-corrected chi connectivity index (χ2v) is 7.22. The quantitative estimate of drug-likeness (QED) is 0.452. The van der Waals surface area contributed by atoms with Crippen molar-refractivity contribution < 1.29 is 13.6 Å². The van der Waals surface area contributed by atoms with Crippen molar-refractivity contribution in [3.8, 4) is 0 Å². The van der Waals surface area contributed by atoms with Crippen LogP contribution in [0.4, 0.5) is 10.1 Å². The first-order valence-electron chi connectivity index (χ1n) is 8.95. The average molecular weight is 406 g/mol. The highest BCUT2D eigenvalue weighted by Gasteiger charge is 2.43. The maximum atomic E-state index is 13.5. The molecule has 4 aromatic rings. The highest BCUT2D eigenvalue weighted by atomic mass is 35.5. The molecule has 6 heteroatoms. The van der Waals surface area contributed by atoms with Crippen LogP contribution in [-0.4, -0.2) is 5.91 Å². The lowest BCUT2D eigenvalue weighted by molar-refractivity contribution is 0.0971. The molecule has 1 aromatic heterocycles. The Balaban J connectivity index is 1.82. The molecule has 0 N–H and O–H groups in total. The predicted molar refractivity (Wildman–Crippen MR) is 109 cm³/mol. The van der Waals surface area contributed by atoms with Gasteiger partial charge in [0.25, 0.3) is 5.91 Å². The van der Waals surface area contributed by atoms with Gasteiger partial charge in [0.2, 0.25) is 5.76 Å². The van der Waals surface area contributed by atoms with E-state index in [1.165, 1.54) is 35.2 Å². The molecule has 1 aliphatic heterocycles. The number of anilines is 1. The molecule has 142 valence electrons. The third kappa shape index (κ3) is 2.74. The van der Waals surface area contributed by atoms with E-state index in [4.69, 9.17) is 16.0 Å². The molecule has 1 atom stereocenters. The molecule has 0 saturated heterocycles. The normalized spacial score (nSPS) is 15.7. The molecule has 0 spiro atoms. The first-order chi connectivity index (χ1) is 14.0. The lowest BCUT2D eigenvalue weighted by atomic mass is 9.98. The Morgan fingerprint density at radius 2 is 1.66 bits per heavy atom. The first-order valence-corrected chi connectivity index (χ1v) is 9.33. The maximum Gasteiger partial charge on any atom is 0.295 e. The Bertz CT molecular complexity index is 1320. The van der Waals surface area contributed by atoms with E-state index < -0.39 is 17.8 Å². The van der Waals surface area contributed by atoms with Crippen LogP contribution < -0.4 is 10.3 Å². The number of hydrogen-bond donors (Lipinski definition) is 0. The lowest BCUT2D eigenvalue weighted by Crippen LogP contribution is -2.29. The summed E-state index contributed by atoms with van der Waals surface area (Å²) in [6, 6.07) is 18.8. The van der Waals surface area contributed by atoms with E-state index in [1.54, 1.807) is 12.1 Å². The number of benzene rings is 3. The van der Waals surface area contributed by atoms with Gasteiger partial charge in [-0.3, -0.25) is 14.5 Å². The van der Waals surface area contributed by atoms with Gasteiger partial charge in [-0.25, -0.2) is 4.39 Å². The summed E-state index contributed by atoms with van der Waals surface area (Å²) in [5.41, 5.74) is 1.45. The Kier molecular flexibility index (Phi) is 4.00. The third-order valence-corrected chi connectivity index (χ3v) is 5.29. The van der Waals surface area contributed by atoms with E-state index in [-0.39, 0.29) is 16.8 Å². The number of halogens is 2. The van der Waals surface area contributed by atoms with Crippen molar-refractivity contribution in [2.45, 2.75) is 6.04 Å². The smallest absolute Gasteiger partial charge is 0.295 e. The second kappa shape index (κ2) is 6.57. The Morgan fingerprint density at radius 1 is 0.931 bits per heavy atom. The molecule has 5 rings (SSSR count). The van der Waals surface area contributed by atoms with Crippen molar-refractivity contribution in [3.05, 3.63) is 111 Å². The van der Waals surface area contributed by atoms with Crippen LogP contribution in [0, 0.1) is 5.82 Å². The Labute approximate surface area is 169 Å². The van der Waals surface area contributed by atoms with E-state index in [0.29, 0.717) is 21.7 Å². The maximum absolute atomic E-state index is 13.5. The zero-order valence-electron chi connectivity index (χ0n) is 14.9. The van der Waals surface area contributed by atoms with Crippen molar-refractivity contribution in [1.29, 1.82) is 0 Å². The Morgan fingerprint density at radius 3 is 2.38 bits per heavy atom. The first kappa shape index (κ1) is 17.6. The molecule has 0 bridgehead atoms. The molecule has 1 amide bonds. The molecule has 0 aliphatic carbocycles. The standard InChI is InChI=1S/C23H13ClFNO3/c24-14-6-11-18-17(12-14)21(27)19-20(13-4-2-1-3-5-13)26(23(28)22(19)29-18)16-9-7-15(25)8-10-16/h1-12,20H. The number of carbonyl (C=O) groups excluding carboxylic acids is 1. The fourth-order valence-corrected chi connectivity index (χ4v) is 3.94. The summed E-state index contributed by atoms with van der Waals surface area (Å²) < 4.78 is 19.3. The van der Waals surface area contributed by atoms with Crippen LogP contribution in [0.15, 0.2) is 82.0 Å². The molecule has 2 heterocycles. The number of rotatable bonds is 2. The van der Waals surface area contributed by atoms with Crippen LogP contribution in [0.5, 0.6) is 0 Å². The highest BCUT2D eigenvalue weighted by molar-refractivity contribution is 6.31. The number of fused-ring (bicyclic) bond motifs is 2. The topological polar surface area (TPSA) is 50.5 Å². The van der Waals surface area contributed by atoms with E-state index in [0.717, 1.165) is 5.56 Å². The third-order valence-electron chi connectivity index (χ3n) is 5.05. The molecule has 1 aliphatic rings. The van der Waals surface area contributed by atoms with Gasteiger partial charge in [-0.1, -0.05) is 41.9 Å². The fraction of sp³-hybridized carbons (Fsp3) is 0.0435. The average Bonchev–Trinajstić information content (AvgIpc) is 3.03. The van der Waals surface area contributed by atoms with Crippen LogP contribution in [0.3, 0.4) is 0 Å². The van der Waals surface area contributed by atoms with E-state index in [1.807, 2.05) is 30.3 Å². The van der Waals surface area contributed by atoms with Crippen molar-refractivity contribution in [2.24, 2.45) is 0 Å². The minimum Gasteiger partial charge on any atom is -0.450 e. The summed E-state index contributed by atoms with van der Waals surface area (Å²) in [6.07, 6.45) is 0. The number of carbonyl (C=O) groups is 1. The predicted octanol–water partition coefficient (Wildman–Crippen LogP) is 5.34. The van der Waals surface area contributed by atoms with Gasteiger partial charge >= 0.3 is 0 Å². The zero-order chi connectivity index (χ0) is 20.1. The van der Waals surface area contributed by atoms with Crippen molar-refractivity contribution in [1.82, 2.24) is 0 Å². The van der Waals surface area contributed by atoms with Crippen LogP contribution in [0.2, 0.25) is 5.02 Å². The fourth-order valence-electron chi connectivity index (χ4n) is 3.76. The second-order valence-electron chi connectivity index (χ2n) is 6.78. The van der Waals surface area contributed by atoms with Crippen LogP contribution in [-0.2, 0) is 0 Å². The largest absolute Gasteiger partial charge is 0.450 e. The molecule has 0 radical (unpaired) electrons. The zero-order valence-corrected chi connectivity index (χ0v) is 15.7. The van der Waals surface area contributed by atoms with Gasteiger partial charge in [-0.2, -0.15) is 0 Å². The summed E-state index contributed by atoms with van der Waals surface area (Å²) in [5.74, 6) is -0.874. The van der Waals surface area contributed by atoms with Gasteiger partial charge in [0.05, 0.1) is 17.0 Å². The van der Waals surface area contributed by atoms with E-state index >= 15 is 0 Å². The van der Waals surface area contributed by atoms with Crippen LogP contribution in [0.1, 0.15) is 27.7 Å². The van der Waals surface area contributed by atoms with Crippen molar-refractivity contribution in [2.75, 3.05) is 4.90 Å². The molecule has 0 saturated carbocycles. The Hall–Kier alpha value is -3.44. The lowest BCUT2D eigenvalue weighted by Gasteiger charge is -2.25. The van der Waals surface area contributed by atoms with Crippen LogP contribution >= 0.6 is 11.6 Å². The van der Waals surface area contributed by atoms with Gasteiger partial charge in [-0.15, -0.1) is 0 Å². The number of hydrogen-bond acceptors (Lipinski definition) is 3. The summed E-state index contributed by atoms with van der Waals surface area (Å²) in [6.45, 7) is 0. The minimum atomic E-state index is -0.691. The monoisotopic (exact) mass is 405 g/mol. The number of amides is 1. The number of nitrogens with zero attached hydrogens (tertiary/aromatic N) is 1. The van der Waals surface area contributed by atoms with Gasteiger partial charge in [0.1, 0.15) is 11.4 Å². The summed E-state index contributed by atoms with van der Waals surface area (Å²) >= 11 is 6.07. The molecule has 0 fully saturated rings. The molecule has 29 heavy (non-hydrogen) atoms. The van der Waals surface area contributed by atoms with Crippen molar-refractivity contribution >= 4 is 34.2 Å². The molecule has 3 aromatic carbocycles. The van der Waals surface area contributed by atoms with E-state index in [9.17, 15) is 14.0 Å². The van der Waals surface area contributed by atoms with E-state index in [2.05, 4.69) is 0 Å². The van der Waals surface area contributed by atoms with Gasteiger partial charge < -0.3 is 4.42 Å². The molecule has 4 nitrogen and oxygen atoms in total. The summed E-state index contributed by atoms with van der Waals surface area (Å²) in [4.78, 5) is 28.1. The van der Waals surface area contributed by atoms with Gasteiger partial charge in [0, 0.05) is 10.7 Å². The minimum absolute atomic E-state index is 0.0111. The van der Waals surface area contributed by atoms with Crippen molar-refractivity contribution in [3.63, 3.8) is 0 Å².